The second-order valence-corrected chi connectivity index (χ2v) is 17.7. The molecular formula is C40H59Br4N3O6. The third-order valence-electron chi connectivity index (χ3n) is 9.79. The number of unbranched alkanes of at least 4 members (excludes halogenated alkanes) is 10. The molecule has 0 unspecified atom stereocenters. The first-order valence-corrected chi connectivity index (χ1v) is 22.6. The fourth-order valence-electron chi connectivity index (χ4n) is 6.60. The summed E-state index contributed by atoms with van der Waals surface area (Å²) in [5.74, 6) is 1.77. The van der Waals surface area contributed by atoms with E-state index in [2.05, 4.69) is 93.4 Å². The number of benzene rings is 1. The number of hydrogen-bond acceptors (Lipinski definition) is 7. The van der Waals surface area contributed by atoms with Crippen LogP contribution in [0.2, 0.25) is 0 Å². The van der Waals surface area contributed by atoms with Gasteiger partial charge in [-0.2, -0.15) is 0 Å². The standard InChI is InChI=1S/C40H59Br4N3O6/c1-4-5-6-13-17-28(2)18-14-11-9-7-8-10-12-15-19-34(48)45-22-20-29-24-30(41)36(31(42)25-29)52-23-16-21-46-39(50)33-27-40(53-47-33)26-32(43)37(51-3)35(44)38(40)49/h24-26,28,38,49H,4-23,27H2,1-3H3,(H,45,48)(H,46,50)/t28-,38-,40+/m0/s1. The Morgan fingerprint density at radius 1 is 0.925 bits per heavy atom. The summed E-state index contributed by atoms with van der Waals surface area (Å²) in [6.07, 6.45) is 20.8. The number of methoxy groups -OCH3 is 1. The molecule has 1 heterocycles. The smallest absolute Gasteiger partial charge is 0.269 e. The summed E-state index contributed by atoms with van der Waals surface area (Å²) in [4.78, 5) is 30.7. The Morgan fingerprint density at radius 2 is 1.55 bits per heavy atom. The van der Waals surface area contributed by atoms with Crippen LogP contribution in [0, 0.1) is 5.92 Å². The summed E-state index contributed by atoms with van der Waals surface area (Å²) in [5, 5.41) is 20.7. The highest BCUT2D eigenvalue weighted by atomic mass is 79.9. The van der Waals surface area contributed by atoms with Gasteiger partial charge < -0.3 is 30.1 Å². The van der Waals surface area contributed by atoms with Crippen LogP contribution < -0.4 is 15.4 Å². The Kier molecular flexibility index (Phi) is 21.7. The van der Waals surface area contributed by atoms with Gasteiger partial charge in [-0.1, -0.05) is 102 Å². The second kappa shape index (κ2) is 25.0. The van der Waals surface area contributed by atoms with Crippen LogP contribution in [0.3, 0.4) is 0 Å². The van der Waals surface area contributed by atoms with Gasteiger partial charge in [0.15, 0.2) is 5.60 Å². The van der Waals surface area contributed by atoms with Crippen molar-refractivity contribution in [3.8, 4) is 5.75 Å². The molecule has 0 saturated heterocycles. The van der Waals surface area contributed by atoms with Crippen LogP contribution in [-0.2, 0) is 25.6 Å². The predicted octanol–water partition coefficient (Wildman–Crippen LogP) is 10.7. The van der Waals surface area contributed by atoms with Crippen LogP contribution in [0.15, 0.2) is 47.0 Å². The number of aliphatic hydroxyl groups is 1. The maximum absolute atomic E-state index is 12.8. The lowest BCUT2D eigenvalue weighted by molar-refractivity contribution is -0.121. The van der Waals surface area contributed by atoms with E-state index in [0.717, 1.165) is 33.3 Å². The largest absolute Gasteiger partial charge is 0.495 e. The van der Waals surface area contributed by atoms with Gasteiger partial charge in [0, 0.05) is 25.9 Å². The Balaban J connectivity index is 1.22. The molecule has 0 fully saturated rings. The van der Waals surface area contributed by atoms with Crippen molar-refractivity contribution in [1.82, 2.24) is 10.6 Å². The Bertz CT molecular complexity index is 1400. The van der Waals surface area contributed by atoms with Crippen molar-refractivity contribution in [2.75, 3.05) is 26.8 Å². The lowest BCUT2D eigenvalue weighted by Gasteiger charge is -2.33. The van der Waals surface area contributed by atoms with Gasteiger partial charge in [0.1, 0.15) is 23.3 Å². The molecule has 2 aliphatic rings. The number of halogens is 4. The number of carbonyl (C=O) groups is 2. The monoisotopic (exact) mass is 993 g/mol. The molecule has 1 aliphatic heterocycles. The highest BCUT2D eigenvalue weighted by molar-refractivity contribution is 9.12. The molecule has 0 saturated carbocycles. The first-order valence-electron chi connectivity index (χ1n) is 19.4. The fourth-order valence-corrected chi connectivity index (χ4v) is 9.90. The minimum absolute atomic E-state index is 0.104. The topological polar surface area (TPSA) is 118 Å². The maximum Gasteiger partial charge on any atom is 0.269 e. The fraction of sp³-hybridized carbons (Fsp3) is 0.675. The van der Waals surface area contributed by atoms with E-state index in [1.54, 1.807) is 6.08 Å². The minimum atomic E-state index is -1.20. The highest BCUT2D eigenvalue weighted by Gasteiger charge is 2.50. The van der Waals surface area contributed by atoms with Crippen molar-refractivity contribution in [2.24, 2.45) is 11.1 Å². The summed E-state index contributed by atoms with van der Waals surface area (Å²) in [7, 11) is 1.50. The third-order valence-corrected chi connectivity index (χ3v) is 12.4. The van der Waals surface area contributed by atoms with E-state index in [0.29, 0.717) is 59.4 Å². The number of nitrogens with zero attached hydrogens (tertiary/aromatic N) is 1. The van der Waals surface area contributed by atoms with Crippen molar-refractivity contribution in [1.29, 1.82) is 0 Å². The van der Waals surface area contributed by atoms with Gasteiger partial charge in [0.2, 0.25) is 5.91 Å². The van der Waals surface area contributed by atoms with Crippen LogP contribution >= 0.6 is 63.7 Å². The van der Waals surface area contributed by atoms with Crippen molar-refractivity contribution in [3.05, 3.63) is 47.4 Å². The maximum atomic E-state index is 12.8. The first-order chi connectivity index (χ1) is 25.5. The molecule has 9 nitrogen and oxygen atoms in total. The summed E-state index contributed by atoms with van der Waals surface area (Å²) in [6, 6.07) is 4.01. The average Bonchev–Trinajstić information content (AvgIpc) is 3.55. The summed E-state index contributed by atoms with van der Waals surface area (Å²) >= 11 is 14.0. The molecule has 1 aliphatic carbocycles. The summed E-state index contributed by atoms with van der Waals surface area (Å²) in [5.41, 5.74) is 0.0734. The number of nitrogens with one attached hydrogen (secondary N) is 2. The summed E-state index contributed by atoms with van der Waals surface area (Å²) in [6.45, 7) is 6.03. The molecule has 13 heteroatoms. The number of carbonyl (C=O) groups excluding carboxylic acids is 2. The number of hydrogen-bond donors (Lipinski definition) is 3. The van der Waals surface area contributed by atoms with Crippen LogP contribution in [0.4, 0.5) is 0 Å². The molecule has 1 aromatic rings. The van der Waals surface area contributed by atoms with E-state index < -0.39 is 11.7 Å². The molecule has 53 heavy (non-hydrogen) atoms. The predicted molar refractivity (Wildman–Crippen MR) is 228 cm³/mol. The van der Waals surface area contributed by atoms with E-state index in [-0.39, 0.29) is 23.9 Å². The van der Waals surface area contributed by atoms with Crippen LogP contribution in [0.25, 0.3) is 0 Å². The third kappa shape index (κ3) is 15.6. The first kappa shape index (κ1) is 46.0. The molecule has 1 spiro atoms. The zero-order chi connectivity index (χ0) is 38.6. The average molecular weight is 998 g/mol. The van der Waals surface area contributed by atoms with E-state index in [4.69, 9.17) is 14.3 Å². The van der Waals surface area contributed by atoms with E-state index >= 15 is 0 Å². The SMILES string of the molecule is CCCCCC[C@H](C)CCCCCCCCCCC(=O)NCCc1cc(Br)c(OCCCNC(=O)C2=NO[C@]3(C=C(Br)C(OC)=C(Br)[C@@H]3O)C2)c(Br)c1. The van der Waals surface area contributed by atoms with Gasteiger partial charge in [0.05, 0.1) is 31.6 Å². The molecule has 3 N–H and O–H groups in total. The van der Waals surface area contributed by atoms with E-state index in [1.165, 1.54) is 84.2 Å². The molecule has 0 aromatic heterocycles. The Hall–Kier alpha value is -1.41. The normalized spacial score (nSPS) is 18.8. The molecule has 1 aromatic carbocycles. The quantitative estimate of drug-likeness (QED) is 0.0796. The number of ether oxygens (including phenoxy) is 2. The number of amides is 2. The Labute approximate surface area is 350 Å². The number of oxime groups is 1. The highest BCUT2D eigenvalue weighted by Crippen LogP contribution is 2.44. The van der Waals surface area contributed by atoms with E-state index in [9.17, 15) is 14.7 Å². The molecular weight excluding hydrogens is 938 g/mol. The number of allylic oxidation sites excluding steroid dienone is 1. The molecule has 298 valence electrons. The van der Waals surface area contributed by atoms with Crippen LogP contribution in [-0.4, -0.2) is 61.1 Å². The van der Waals surface area contributed by atoms with Crippen molar-refractivity contribution in [2.45, 2.75) is 141 Å². The van der Waals surface area contributed by atoms with Gasteiger partial charge in [-0.25, -0.2) is 0 Å². The van der Waals surface area contributed by atoms with Crippen molar-refractivity contribution < 1.29 is 29.0 Å². The van der Waals surface area contributed by atoms with Gasteiger partial charge in [-0.3, -0.25) is 9.59 Å². The van der Waals surface area contributed by atoms with Crippen molar-refractivity contribution in [3.63, 3.8) is 0 Å². The summed E-state index contributed by atoms with van der Waals surface area (Å²) < 4.78 is 14.0. The minimum Gasteiger partial charge on any atom is -0.495 e. The molecule has 0 radical (unpaired) electrons. The van der Waals surface area contributed by atoms with Crippen molar-refractivity contribution >= 4 is 81.2 Å². The zero-order valence-electron chi connectivity index (χ0n) is 31.7. The molecule has 0 bridgehead atoms. The van der Waals surface area contributed by atoms with E-state index in [1.807, 2.05) is 12.1 Å². The van der Waals surface area contributed by atoms with Crippen LogP contribution in [0.1, 0.15) is 129 Å². The number of rotatable bonds is 26. The lowest BCUT2D eigenvalue weighted by Crippen LogP contribution is -2.45. The van der Waals surface area contributed by atoms with Gasteiger partial charge in [-0.05, 0) is 113 Å². The van der Waals surface area contributed by atoms with Gasteiger partial charge >= 0.3 is 0 Å². The Morgan fingerprint density at radius 3 is 2.19 bits per heavy atom. The van der Waals surface area contributed by atoms with Gasteiger partial charge in [-0.15, -0.1) is 0 Å². The molecule has 3 atom stereocenters. The second-order valence-electron chi connectivity index (χ2n) is 14.3. The van der Waals surface area contributed by atoms with Gasteiger partial charge in [0.25, 0.3) is 5.91 Å². The lowest BCUT2D eigenvalue weighted by atomic mass is 9.87. The number of aliphatic hydroxyl groups excluding tert-OH is 1. The molecule has 3 rings (SSSR count). The zero-order valence-corrected chi connectivity index (χ0v) is 38.0. The van der Waals surface area contributed by atoms with Crippen LogP contribution in [0.5, 0.6) is 5.75 Å². The molecule has 2 amide bonds.